The van der Waals surface area contributed by atoms with Crippen LogP contribution in [0.1, 0.15) is 47.0 Å². The third-order valence-corrected chi connectivity index (χ3v) is 5.37. The van der Waals surface area contributed by atoms with Crippen molar-refractivity contribution in [3.8, 4) is 0 Å². The number of aromatic carboxylic acids is 1. The minimum absolute atomic E-state index is 0.174. The van der Waals surface area contributed by atoms with E-state index in [-0.39, 0.29) is 17.5 Å². The second-order valence-corrected chi connectivity index (χ2v) is 7.09. The van der Waals surface area contributed by atoms with Crippen LogP contribution >= 0.6 is 11.3 Å². The van der Waals surface area contributed by atoms with Crippen LogP contribution in [0, 0.1) is 0 Å². The summed E-state index contributed by atoms with van der Waals surface area (Å²) in [7, 11) is 0. The van der Waals surface area contributed by atoms with Crippen LogP contribution in [0.25, 0.3) is 0 Å². The van der Waals surface area contributed by atoms with Crippen molar-refractivity contribution < 1.29 is 14.7 Å². The number of aryl methyl sites for hydroxylation is 1. The van der Waals surface area contributed by atoms with Gasteiger partial charge >= 0.3 is 5.97 Å². The number of carbonyl (C=O) groups excluding carboxylic acids is 1. The maximum atomic E-state index is 12.3. The van der Waals surface area contributed by atoms with Crippen molar-refractivity contribution in [2.75, 3.05) is 13.1 Å². The van der Waals surface area contributed by atoms with E-state index in [1.54, 1.807) is 22.2 Å². The standard InChI is InChI=1S/C17H21N3O3S/c21-16(5-1-3-15-4-2-10-24-15)19-8-6-14(7-9-19)20-12-13(11-18-20)17(22)23/h2,4,10-12,14H,1,3,5-9H2,(H,22,23). The van der Waals surface area contributed by atoms with Crippen molar-refractivity contribution in [3.63, 3.8) is 0 Å². The second-order valence-electron chi connectivity index (χ2n) is 6.06. The van der Waals surface area contributed by atoms with E-state index in [9.17, 15) is 9.59 Å². The Bertz CT molecular complexity index is 688. The number of carboxylic acids is 1. The molecule has 0 radical (unpaired) electrons. The van der Waals surface area contributed by atoms with E-state index in [1.165, 1.54) is 11.1 Å². The maximum Gasteiger partial charge on any atom is 0.338 e. The number of rotatable bonds is 6. The van der Waals surface area contributed by atoms with Gasteiger partial charge in [-0.1, -0.05) is 6.07 Å². The van der Waals surface area contributed by atoms with Crippen LogP contribution in [0.2, 0.25) is 0 Å². The van der Waals surface area contributed by atoms with Gasteiger partial charge in [0.25, 0.3) is 0 Å². The number of hydrogen-bond donors (Lipinski definition) is 1. The summed E-state index contributed by atoms with van der Waals surface area (Å²) in [5.74, 6) is -0.740. The minimum atomic E-state index is -0.959. The van der Waals surface area contributed by atoms with Crippen LogP contribution < -0.4 is 0 Å². The van der Waals surface area contributed by atoms with E-state index in [0.29, 0.717) is 19.5 Å². The molecule has 7 heteroatoms. The van der Waals surface area contributed by atoms with E-state index in [4.69, 9.17) is 5.11 Å². The van der Waals surface area contributed by atoms with Crippen molar-refractivity contribution in [3.05, 3.63) is 40.3 Å². The van der Waals surface area contributed by atoms with Gasteiger partial charge in [0.15, 0.2) is 0 Å². The zero-order chi connectivity index (χ0) is 16.9. The van der Waals surface area contributed by atoms with Crippen LogP contribution in [-0.4, -0.2) is 44.8 Å². The normalized spacial score (nSPS) is 15.6. The number of carbonyl (C=O) groups is 2. The van der Waals surface area contributed by atoms with Gasteiger partial charge in [0.1, 0.15) is 0 Å². The molecule has 1 aliphatic rings. The number of nitrogens with zero attached hydrogens (tertiary/aromatic N) is 3. The summed E-state index contributed by atoms with van der Waals surface area (Å²) in [6, 6.07) is 4.32. The molecule has 6 nitrogen and oxygen atoms in total. The van der Waals surface area contributed by atoms with Crippen LogP contribution in [-0.2, 0) is 11.2 Å². The number of likely N-dealkylation sites (tertiary alicyclic amines) is 1. The SMILES string of the molecule is O=C(O)c1cnn(C2CCN(C(=O)CCCc3cccs3)CC2)c1. The second kappa shape index (κ2) is 7.61. The Morgan fingerprint density at radius 3 is 2.75 bits per heavy atom. The minimum Gasteiger partial charge on any atom is -0.478 e. The molecular formula is C17H21N3O3S. The quantitative estimate of drug-likeness (QED) is 0.872. The molecule has 1 aliphatic heterocycles. The fourth-order valence-corrected chi connectivity index (χ4v) is 3.81. The first-order valence-corrected chi connectivity index (χ1v) is 9.09. The van der Waals surface area contributed by atoms with Gasteiger partial charge in [-0.05, 0) is 37.1 Å². The highest BCUT2D eigenvalue weighted by molar-refractivity contribution is 7.09. The Morgan fingerprint density at radius 1 is 1.33 bits per heavy atom. The lowest BCUT2D eigenvalue weighted by Gasteiger charge is -2.32. The Morgan fingerprint density at radius 2 is 2.12 bits per heavy atom. The highest BCUT2D eigenvalue weighted by Crippen LogP contribution is 2.23. The number of amides is 1. The molecule has 3 heterocycles. The average molecular weight is 347 g/mol. The Hall–Kier alpha value is -2.15. The van der Waals surface area contributed by atoms with E-state index in [2.05, 4.69) is 16.5 Å². The number of hydrogen-bond acceptors (Lipinski definition) is 4. The van der Waals surface area contributed by atoms with Gasteiger partial charge in [0.05, 0.1) is 17.8 Å². The number of piperidine rings is 1. The van der Waals surface area contributed by atoms with Crippen molar-refractivity contribution in [2.45, 2.75) is 38.1 Å². The zero-order valence-electron chi connectivity index (χ0n) is 13.4. The lowest BCUT2D eigenvalue weighted by molar-refractivity contribution is -0.132. The largest absolute Gasteiger partial charge is 0.478 e. The predicted molar refractivity (Wildman–Crippen MR) is 91.3 cm³/mol. The van der Waals surface area contributed by atoms with Crippen molar-refractivity contribution >= 4 is 23.2 Å². The molecule has 0 aromatic carbocycles. The molecule has 3 rings (SSSR count). The highest BCUT2D eigenvalue weighted by Gasteiger charge is 2.24. The third kappa shape index (κ3) is 4.03. The van der Waals surface area contributed by atoms with Crippen molar-refractivity contribution in [2.24, 2.45) is 0 Å². The molecule has 1 amide bonds. The summed E-state index contributed by atoms with van der Waals surface area (Å²) in [5, 5.41) is 15.2. The van der Waals surface area contributed by atoms with Gasteiger partial charge in [-0.15, -0.1) is 11.3 Å². The summed E-state index contributed by atoms with van der Waals surface area (Å²) in [6.45, 7) is 1.43. The molecule has 1 fully saturated rings. The monoisotopic (exact) mass is 347 g/mol. The Balaban J connectivity index is 1.43. The van der Waals surface area contributed by atoms with Gasteiger partial charge in [-0.25, -0.2) is 4.79 Å². The fourth-order valence-electron chi connectivity index (χ4n) is 3.05. The Kier molecular flexibility index (Phi) is 5.30. The summed E-state index contributed by atoms with van der Waals surface area (Å²) >= 11 is 1.74. The molecule has 0 bridgehead atoms. The van der Waals surface area contributed by atoms with Crippen LogP contribution in [0.5, 0.6) is 0 Å². The molecule has 0 aliphatic carbocycles. The van der Waals surface area contributed by atoms with Crippen molar-refractivity contribution in [1.82, 2.24) is 14.7 Å². The van der Waals surface area contributed by atoms with E-state index < -0.39 is 5.97 Å². The average Bonchev–Trinajstić information content (AvgIpc) is 3.26. The number of thiophene rings is 1. The van der Waals surface area contributed by atoms with Crippen LogP contribution in [0.3, 0.4) is 0 Å². The van der Waals surface area contributed by atoms with E-state index >= 15 is 0 Å². The van der Waals surface area contributed by atoms with Gasteiger partial charge in [-0.3, -0.25) is 9.48 Å². The smallest absolute Gasteiger partial charge is 0.338 e. The molecule has 0 unspecified atom stereocenters. The molecule has 24 heavy (non-hydrogen) atoms. The lowest BCUT2D eigenvalue weighted by Crippen LogP contribution is -2.39. The summed E-state index contributed by atoms with van der Waals surface area (Å²) in [6.07, 6.45) is 7.03. The van der Waals surface area contributed by atoms with Crippen LogP contribution in [0.4, 0.5) is 0 Å². The molecule has 1 N–H and O–H groups in total. The van der Waals surface area contributed by atoms with Gasteiger partial charge < -0.3 is 10.0 Å². The molecule has 0 atom stereocenters. The maximum absolute atomic E-state index is 12.3. The molecular weight excluding hydrogens is 326 g/mol. The topological polar surface area (TPSA) is 75.4 Å². The van der Waals surface area contributed by atoms with E-state index in [1.807, 2.05) is 11.0 Å². The first-order chi connectivity index (χ1) is 11.6. The van der Waals surface area contributed by atoms with Gasteiger partial charge in [0.2, 0.25) is 5.91 Å². The van der Waals surface area contributed by atoms with Gasteiger partial charge in [0, 0.05) is 30.6 Å². The first-order valence-electron chi connectivity index (χ1n) is 8.21. The molecule has 0 spiro atoms. The Labute approximate surface area is 144 Å². The van der Waals surface area contributed by atoms with Gasteiger partial charge in [-0.2, -0.15) is 5.10 Å². The summed E-state index contributed by atoms with van der Waals surface area (Å²) < 4.78 is 1.72. The first kappa shape index (κ1) is 16.7. The highest BCUT2D eigenvalue weighted by atomic mass is 32.1. The van der Waals surface area contributed by atoms with E-state index in [0.717, 1.165) is 25.7 Å². The predicted octanol–water partition coefficient (Wildman–Crippen LogP) is 2.83. The third-order valence-electron chi connectivity index (χ3n) is 4.43. The summed E-state index contributed by atoms with van der Waals surface area (Å²) in [5.41, 5.74) is 0.210. The fraction of sp³-hybridized carbons (Fsp3) is 0.471. The van der Waals surface area contributed by atoms with Crippen molar-refractivity contribution in [1.29, 1.82) is 0 Å². The molecule has 128 valence electrons. The molecule has 0 saturated carbocycles. The molecule has 2 aromatic heterocycles. The number of aromatic nitrogens is 2. The summed E-state index contributed by atoms with van der Waals surface area (Å²) in [4.78, 5) is 26.5. The zero-order valence-corrected chi connectivity index (χ0v) is 14.2. The molecule has 2 aromatic rings. The number of carboxylic acid groups (broad SMARTS) is 1. The van der Waals surface area contributed by atoms with Crippen LogP contribution in [0.15, 0.2) is 29.9 Å². The molecule has 1 saturated heterocycles. The lowest BCUT2D eigenvalue weighted by atomic mass is 10.0.